The standard InChI is InChI=1S/C26H23ClN2O4S/c1-32-19-10-13-21(22(16-19)33-2)28-23-24(34-20-11-8-18(27)9-12-20)26(31)29(25(23)30)15-14-17-6-4-3-5-7-17/h3-13,16,28H,14-15H2,1-2H3. The van der Waals surface area contributed by atoms with Gasteiger partial charge in [0.05, 0.1) is 19.9 Å². The highest BCUT2D eigenvalue weighted by atomic mass is 35.5. The molecular formula is C26H23ClN2O4S. The highest BCUT2D eigenvalue weighted by Gasteiger charge is 2.39. The number of amides is 2. The van der Waals surface area contributed by atoms with Crippen LogP contribution in [0.4, 0.5) is 5.69 Å². The maximum absolute atomic E-state index is 13.4. The average Bonchev–Trinajstić information content (AvgIpc) is 3.08. The van der Waals surface area contributed by atoms with Gasteiger partial charge in [-0.25, -0.2) is 0 Å². The summed E-state index contributed by atoms with van der Waals surface area (Å²) in [5.74, 6) is 0.391. The van der Waals surface area contributed by atoms with Crippen molar-refractivity contribution >= 4 is 40.9 Å². The molecule has 1 heterocycles. The Balaban J connectivity index is 1.65. The number of anilines is 1. The summed E-state index contributed by atoms with van der Waals surface area (Å²) < 4.78 is 10.7. The zero-order valence-electron chi connectivity index (χ0n) is 18.7. The summed E-state index contributed by atoms with van der Waals surface area (Å²) in [6.45, 7) is 0.275. The fourth-order valence-corrected chi connectivity index (χ4v) is 4.58. The van der Waals surface area contributed by atoms with E-state index in [2.05, 4.69) is 5.32 Å². The van der Waals surface area contributed by atoms with Crippen molar-refractivity contribution < 1.29 is 19.1 Å². The van der Waals surface area contributed by atoms with Crippen LogP contribution in [0.3, 0.4) is 0 Å². The highest BCUT2D eigenvalue weighted by molar-refractivity contribution is 8.04. The summed E-state index contributed by atoms with van der Waals surface area (Å²) in [6, 6.07) is 22.1. The van der Waals surface area contributed by atoms with E-state index in [1.165, 1.54) is 23.8 Å². The number of thioether (sulfide) groups is 1. The summed E-state index contributed by atoms with van der Waals surface area (Å²) in [5, 5.41) is 3.74. The molecule has 0 spiro atoms. The first-order valence-electron chi connectivity index (χ1n) is 10.6. The number of carbonyl (C=O) groups is 2. The van der Waals surface area contributed by atoms with E-state index < -0.39 is 0 Å². The summed E-state index contributed by atoms with van der Waals surface area (Å²) in [5.41, 5.74) is 1.81. The van der Waals surface area contributed by atoms with Crippen LogP contribution in [0.25, 0.3) is 0 Å². The van der Waals surface area contributed by atoms with Gasteiger partial charge in [0.2, 0.25) is 0 Å². The molecule has 0 bridgehead atoms. The van der Waals surface area contributed by atoms with Crippen molar-refractivity contribution in [2.45, 2.75) is 11.3 Å². The van der Waals surface area contributed by atoms with Gasteiger partial charge in [-0.1, -0.05) is 53.7 Å². The molecule has 34 heavy (non-hydrogen) atoms. The second-order valence-electron chi connectivity index (χ2n) is 7.45. The lowest BCUT2D eigenvalue weighted by molar-refractivity contribution is -0.137. The molecule has 0 saturated heterocycles. The predicted molar refractivity (Wildman–Crippen MR) is 134 cm³/mol. The van der Waals surface area contributed by atoms with Crippen molar-refractivity contribution in [2.75, 3.05) is 26.1 Å². The van der Waals surface area contributed by atoms with Crippen molar-refractivity contribution in [1.29, 1.82) is 0 Å². The molecule has 1 aliphatic heterocycles. The molecule has 6 nitrogen and oxygen atoms in total. The number of hydrogen-bond donors (Lipinski definition) is 1. The van der Waals surface area contributed by atoms with Gasteiger partial charge in [-0.15, -0.1) is 0 Å². The van der Waals surface area contributed by atoms with Crippen molar-refractivity contribution in [1.82, 2.24) is 4.90 Å². The zero-order chi connectivity index (χ0) is 24.1. The van der Waals surface area contributed by atoms with E-state index in [9.17, 15) is 9.59 Å². The number of nitrogens with zero attached hydrogens (tertiary/aromatic N) is 1. The van der Waals surface area contributed by atoms with E-state index >= 15 is 0 Å². The minimum absolute atomic E-state index is 0.210. The average molecular weight is 495 g/mol. The van der Waals surface area contributed by atoms with E-state index in [1.54, 1.807) is 37.4 Å². The lowest BCUT2D eigenvalue weighted by Gasteiger charge is -2.16. The van der Waals surface area contributed by atoms with Crippen molar-refractivity contribution in [3.63, 3.8) is 0 Å². The van der Waals surface area contributed by atoms with Gasteiger partial charge in [0, 0.05) is 22.5 Å². The Hall–Kier alpha value is -3.42. The Labute approximate surface area is 207 Å². The van der Waals surface area contributed by atoms with Gasteiger partial charge in [0.15, 0.2) is 0 Å². The van der Waals surface area contributed by atoms with Gasteiger partial charge in [-0.05, 0) is 48.4 Å². The highest BCUT2D eigenvalue weighted by Crippen LogP contribution is 2.38. The normalized spacial score (nSPS) is 13.4. The maximum Gasteiger partial charge on any atom is 0.278 e. The predicted octanol–water partition coefficient (Wildman–Crippen LogP) is 5.38. The Bertz CT molecular complexity index is 1230. The van der Waals surface area contributed by atoms with Crippen molar-refractivity contribution in [2.24, 2.45) is 0 Å². The number of hydrogen-bond acceptors (Lipinski definition) is 6. The molecule has 0 fully saturated rings. The monoisotopic (exact) mass is 494 g/mol. The number of methoxy groups -OCH3 is 2. The Morgan fingerprint density at radius 2 is 1.65 bits per heavy atom. The van der Waals surface area contributed by atoms with Crippen LogP contribution in [0.2, 0.25) is 5.02 Å². The van der Waals surface area contributed by atoms with Crippen LogP contribution in [-0.4, -0.2) is 37.5 Å². The van der Waals surface area contributed by atoms with Gasteiger partial charge in [-0.3, -0.25) is 14.5 Å². The van der Waals surface area contributed by atoms with Gasteiger partial charge in [0.25, 0.3) is 11.8 Å². The van der Waals surface area contributed by atoms with Gasteiger partial charge >= 0.3 is 0 Å². The molecule has 3 aromatic rings. The van der Waals surface area contributed by atoms with Crippen LogP contribution in [0.5, 0.6) is 11.5 Å². The maximum atomic E-state index is 13.4. The molecule has 1 N–H and O–H groups in total. The molecule has 0 aromatic heterocycles. The fraction of sp³-hybridized carbons (Fsp3) is 0.154. The van der Waals surface area contributed by atoms with E-state index in [0.717, 1.165) is 10.5 Å². The number of rotatable bonds is 9. The molecule has 174 valence electrons. The fourth-order valence-electron chi connectivity index (χ4n) is 3.50. The Morgan fingerprint density at radius 1 is 0.912 bits per heavy atom. The van der Waals surface area contributed by atoms with Crippen molar-refractivity contribution in [3.05, 3.63) is 94.0 Å². The number of carbonyl (C=O) groups excluding carboxylic acids is 2. The molecule has 2 amide bonds. The topological polar surface area (TPSA) is 67.9 Å². The first-order chi connectivity index (χ1) is 16.5. The second-order valence-corrected chi connectivity index (χ2v) is 8.97. The van der Waals surface area contributed by atoms with E-state index in [0.29, 0.717) is 33.5 Å². The lowest BCUT2D eigenvalue weighted by atomic mass is 10.1. The minimum Gasteiger partial charge on any atom is -0.497 e. The number of imide groups is 1. The van der Waals surface area contributed by atoms with Gasteiger partial charge in [0.1, 0.15) is 22.1 Å². The summed E-state index contributed by atoms with van der Waals surface area (Å²) in [4.78, 5) is 29.2. The molecule has 4 rings (SSSR count). The van der Waals surface area contributed by atoms with Crippen LogP contribution < -0.4 is 14.8 Å². The van der Waals surface area contributed by atoms with Crippen LogP contribution in [-0.2, 0) is 16.0 Å². The number of benzene rings is 3. The minimum atomic E-state index is -0.379. The molecule has 8 heteroatoms. The molecule has 1 aliphatic rings. The van der Waals surface area contributed by atoms with E-state index in [-0.39, 0.29) is 24.1 Å². The van der Waals surface area contributed by atoms with E-state index in [4.69, 9.17) is 21.1 Å². The first kappa shape index (κ1) is 23.7. The zero-order valence-corrected chi connectivity index (χ0v) is 20.3. The largest absolute Gasteiger partial charge is 0.497 e. The molecule has 3 aromatic carbocycles. The van der Waals surface area contributed by atoms with Gasteiger partial charge < -0.3 is 14.8 Å². The van der Waals surface area contributed by atoms with Crippen LogP contribution in [0.15, 0.2) is 88.3 Å². The summed E-state index contributed by atoms with van der Waals surface area (Å²) in [7, 11) is 3.10. The SMILES string of the molecule is COc1ccc(NC2=C(Sc3ccc(Cl)cc3)C(=O)N(CCc3ccccc3)C2=O)c(OC)c1. The molecule has 0 aliphatic carbocycles. The summed E-state index contributed by atoms with van der Waals surface area (Å²) in [6.07, 6.45) is 0.566. The number of ether oxygens (including phenoxy) is 2. The molecule has 0 atom stereocenters. The molecule has 0 radical (unpaired) electrons. The first-order valence-corrected chi connectivity index (χ1v) is 11.8. The Morgan fingerprint density at radius 3 is 2.32 bits per heavy atom. The molecule has 0 saturated carbocycles. The third-order valence-electron chi connectivity index (χ3n) is 5.29. The van der Waals surface area contributed by atoms with Crippen LogP contribution in [0, 0.1) is 0 Å². The Kier molecular flexibility index (Phi) is 7.45. The lowest BCUT2D eigenvalue weighted by Crippen LogP contribution is -2.34. The third-order valence-corrected chi connectivity index (χ3v) is 6.64. The van der Waals surface area contributed by atoms with E-state index in [1.807, 2.05) is 42.5 Å². The molecular weight excluding hydrogens is 472 g/mol. The molecule has 0 unspecified atom stereocenters. The van der Waals surface area contributed by atoms with Crippen LogP contribution >= 0.6 is 23.4 Å². The number of nitrogens with one attached hydrogen (secondary N) is 1. The number of halogens is 1. The van der Waals surface area contributed by atoms with Crippen LogP contribution in [0.1, 0.15) is 5.56 Å². The second kappa shape index (κ2) is 10.7. The smallest absolute Gasteiger partial charge is 0.278 e. The van der Waals surface area contributed by atoms with Gasteiger partial charge in [-0.2, -0.15) is 0 Å². The summed E-state index contributed by atoms with van der Waals surface area (Å²) >= 11 is 7.24. The van der Waals surface area contributed by atoms with Crippen molar-refractivity contribution in [3.8, 4) is 11.5 Å². The third kappa shape index (κ3) is 5.21. The quantitative estimate of drug-likeness (QED) is 0.402.